The molecule has 2 aromatic rings. The molecule has 0 aliphatic rings. The molecule has 2 aromatic heterocycles. The van der Waals surface area contributed by atoms with Crippen molar-refractivity contribution in [2.45, 2.75) is 26.3 Å². The van der Waals surface area contributed by atoms with E-state index in [0.29, 0.717) is 16.5 Å². The Morgan fingerprint density at radius 2 is 2.19 bits per heavy atom. The lowest BCUT2D eigenvalue weighted by molar-refractivity contribution is 0.0940. The van der Waals surface area contributed by atoms with Gasteiger partial charge in [0.15, 0.2) is 0 Å². The van der Waals surface area contributed by atoms with Crippen LogP contribution in [0.5, 0.6) is 0 Å². The van der Waals surface area contributed by atoms with Gasteiger partial charge in [-0.2, -0.15) is 0 Å². The van der Waals surface area contributed by atoms with Crippen LogP contribution in [-0.2, 0) is 6.42 Å². The molecule has 0 spiro atoms. The zero-order valence-electron chi connectivity index (χ0n) is 12.2. The van der Waals surface area contributed by atoms with Gasteiger partial charge in [0.05, 0.1) is 0 Å². The standard InChI is InChI=1S/C15H18ClN3OS/c1-9(6-12-5-4-10(2)21-12)18-15(20)11-7-13(16)19-14(8-11)17-3/h4-5,7-9H,6H2,1-3H3,(H,17,19)(H,18,20). The molecule has 4 nitrogen and oxygen atoms in total. The molecule has 112 valence electrons. The highest BCUT2D eigenvalue weighted by Gasteiger charge is 2.13. The summed E-state index contributed by atoms with van der Waals surface area (Å²) in [5, 5.41) is 6.17. The van der Waals surface area contributed by atoms with Crippen LogP contribution in [0, 0.1) is 6.92 Å². The van der Waals surface area contributed by atoms with Gasteiger partial charge >= 0.3 is 0 Å². The lowest BCUT2D eigenvalue weighted by Gasteiger charge is -2.13. The molecule has 0 saturated heterocycles. The number of hydrogen-bond donors (Lipinski definition) is 2. The number of pyridine rings is 1. The van der Waals surface area contributed by atoms with Gasteiger partial charge < -0.3 is 10.6 Å². The molecule has 0 fully saturated rings. The third-order valence-electron chi connectivity index (χ3n) is 2.99. The van der Waals surface area contributed by atoms with E-state index in [1.165, 1.54) is 9.75 Å². The molecule has 2 rings (SSSR count). The van der Waals surface area contributed by atoms with Crippen molar-refractivity contribution in [3.8, 4) is 0 Å². The first kappa shape index (κ1) is 15.8. The molecule has 0 radical (unpaired) electrons. The molecule has 0 saturated carbocycles. The lowest BCUT2D eigenvalue weighted by atomic mass is 10.2. The first-order valence-electron chi connectivity index (χ1n) is 6.69. The highest BCUT2D eigenvalue weighted by atomic mass is 35.5. The maximum absolute atomic E-state index is 12.2. The van der Waals surface area contributed by atoms with E-state index in [9.17, 15) is 4.79 Å². The summed E-state index contributed by atoms with van der Waals surface area (Å²) in [6, 6.07) is 7.50. The van der Waals surface area contributed by atoms with Gasteiger partial charge in [-0.05, 0) is 38.1 Å². The number of aromatic nitrogens is 1. The van der Waals surface area contributed by atoms with Crippen LogP contribution in [0.1, 0.15) is 27.0 Å². The van der Waals surface area contributed by atoms with E-state index in [1.807, 2.05) is 6.92 Å². The Bertz CT molecular complexity index is 642. The average molecular weight is 324 g/mol. The minimum atomic E-state index is -0.142. The predicted molar refractivity (Wildman–Crippen MR) is 88.5 cm³/mol. The van der Waals surface area contributed by atoms with Gasteiger partial charge in [-0.25, -0.2) is 4.98 Å². The number of amides is 1. The minimum absolute atomic E-state index is 0.0560. The number of rotatable bonds is 5. The molecule has 0 aliphatic heterocycles. The molecule has 0 bridgehead atoms. The van der Waals surface area contributed by atoms with Gasteiger partial charge in [0, 0.05) is 34.8 Å². The van der Waals surface area contributed by atoms with Gasteiger partial charge in [-0.3, -0.25) is 4.79 Å². The Hall–Kier alpha value is -1.59. The summed E-state index contributed by atoms with van der Waals surface area (Å²) in [5.41, 5.74) is 0.508. The number of nitrogens with one attached hydrogen (secondary N) is 2. The zero-order valence-corrected chi connectivity index (χ0v) is 13.8. The van der Waals surface area contributed by atoms with E-state index >= 15 is 0 Å². The second kappa shape index (κ2) is 6.91. The number of nitrogens with zero attached hydrogens (tertiary/aromatic N) is 1. The number of anilines is 1. The Morgan fingerprint density at radius 1 is 1.43 bits per heavy atom. The largest absolute Gasteiger partial charge is 0.373 e. The topological polar surface area (TPSA) is 54.0 Å². The number of hydrogen-bond acceptors (Lipinski definition) is 4. The third kappa shape index (κ3) is 4.44. The molecular weight excluding hydrogens is 306 g/mol. The van der Waals surface area contributed by atoms with Gasteiger partial charge in [0.1, 0.15) is 11.0 Å². The molecule has 2 N–H and O–H groups in total. The van der Waals surface area contributed by atoms with Crippen LogP contribution in [0.15, 0.2) is 24.3 Å². The van der Waals surface area contributed by atoms with E-state index in [2.05, 4.69) is 34.7 Å². The second-order valence-electron chi connectivity index (χ2n) is 4.90. The predicted octanol–water partition coefficient (Wildman–Crippen LogP) is 3.51. The van der Waals surface area contributed by atoms with E-state index in [-0.39, 0.29) is 11.9 Å². The van der Waals surface area contributed by atoms with Crippen molar-refractivity contribution in [3.63, 3.8) is 0 Å². The van der Waals surface area contributed by atoms with Crippen LogP contribution >= 0.6 is 22.9 Å². The van der Waals surface area contributed by atoms with Crippen LogP contribution in [-0.4, -0.2) is 24.0 Å². The van der Waals surface area contributed by atoms with Crippen molar-refractivity contribution >= 4 is 34.7 Å². The van der Waals surface area contributed by atoms with Gasteiger partial charge in [-0.1, -0.05) is 11.6 Å². The summed E-state index contributed by atoms with van der Waals surface area (Å²) in [7, 11) is 1.74. The van der Waals surface area contributed by atoms with E-state index < -0.39 is 0 Å². The van der Waals surface area contributed by atoms with Crippen LogP contribution < -0.4 is 10.6 Å². The van der Waals surface area contributed by atoms with E-state index in [4.69, 9.17) is 11.6 Å². The molecule has 21 heavy (non-hydrogen) atoms. The van der Waals surface area contributed by atoms with Gasteiger partial charge in [-0.15, -0.1) is 11.3 Å². The molecule has 2 heterocycles. The average Bonchev–Trinajstić information content (AvgIpc) is 2.83. The molecule has 1 amide bonds. The summed E-state index contributed by atoms with van der Waals surface area (Å²) in [4.78, 5) is 18.9. The van der Waals surface area contributed by atoms with Crippen molar-refractivity contribution in [3.05, 3.63) is 44.7 Å². The maximum Gasteiger partial charge on any atom is 0.251 e. The van der Waals surface area contributed by atoms with Crippen LogP contribution in [0.4, 0.5) is 5.82 Å². The SMILES string of the molecule is CNc1cc(C(=O)NC(C)Cc2ccc(C)s2)cc(Cl)n1. The molecule has 6 heteroatoms. The van der Waals surface area contributed by atoms with Crippen molar-refractivity contribution in [1.29, 1.82) is 0 Å². The lowest BCUT2D eigenvalue weighted by Crippen LogP contribution is -2.34. The van der Waals surface area contributed by atoms with Gasteiger partial charge in [0.2, 0.25) is 0 Å². The third-order valence-corrected chi connectivity index (χ3v) is 4.21. The maximum atomic E-state index is 12.2. The first-order valence-corrected chi connectivity index (χ1v) is 7.89. The van der Waals surface area contributed by atoms with Crippen molar-refractivity contribution in [1.82, 2.24) is 10.3 Å². The highest BCUT2D eigenvalue weighted by molar-refractivity contribution is 7.11. The first-order chi connectivity index (χ1) is 9.97. The number of halogens is 1. The zero-order chi connectivity index (χ0) is 15.4. The van der Waals surface area contributed by atoms with Crippen LogP contribution in [0.25, 0.3) is 0 Å². The molecule has 0 aliphatic carbocycles. The summed E-state index contributed by atoms with van der Waals surface area (Å²) in [6.07, 6.45) is 0.821. The van der Waals surface area contributed by atoms with E-state index in [1.54, 1.807) is 30.5 Å². The molecule has 0 aromatic carbocycles. The Kier molecular flexibility index (Phi) is 5.20. The fraction of sp³-hybridized carbons (Fsp3) is 0.333. The Labute approximate surface area is 133 Å². The molecular formula is C15H18ClN3OS. The smallest absolute Gasteiger partial charge is 0.251 e. The summed E-state index contributed by atoms with van der Waals surface area (Å²) < 4.78 is 0. The van der Waals surface area contributed by atoms with Crippen molar-refractivity contribution in [2.24, 2.45) is 0 Å². The van der Waals surface area contributed by atoms with Crippen molar-refractivity contribution in [2.75, 3.05) is 12.4 Å². The molecule has 1 unspecified atom stereocenters. The monoisotopic (exact) mass is 323 g/mol. The summed E-state index contributed by atoms with van der Waals surface area (Å²) >= 11 is 7.67. The summed E-state index contributed by atoms with van der Waals surface area (Å²) in [5.74, 6) is 0.436. The summed E-state index contributed by atoms with van der Waals surface area (Å²) in [6.45, 7) is 4.07. The number of aryl methyl sites for hydroxylation is 1. The van der Waals surface area contributed by atoms with Crippen molar-refractivity contribution < 1.29 is 4.79 Å². The normalized spacial score (nSPS) is 12.0. The number of thiophene rings is 1. The van der Waals surface area contributed by atoms with E-state index in [0.717, 1.165) is 6.42 Å². The quantitative estimate of drug-likeness (QED) is 0.828. The van der Waals surface area contributed by atoms with Gasteiger partial charge in [0.25, 0.3) is 5.91 Å². The van der Waals surface area contributed by atoms with Crippen LogP contribution in [0.2, 0.25) is 5.15 Å². The molecule has 1 atom stereocenters. The van der Waals surface area contributed by atoms with Crippen LogP contribution in [0.3, 0.4) is 0 Å². The Balaban J connectivity index is 2.02. The fourth-order valence-corrected chi connectivity index (χ4v) is 3.24. The number of carbonyl (C=O) groups is 1. The highest BCUT2D eigenvalue weighted by Crippen LogP contribution is 2.17. The Morgan fingerprint density at radius 3 is 2.81 bits per heavy atom. The minimum Gasteiger partial charge on any atom is -0.373 e. The second-order valence-corrected chi connectivity index (χ2v) is 6.66. The number of carbonyl (C=O) groups excluding carboxylic acids is 1. The fourth-order valence-electron chi connectivity index (χ4n) is 2.01.